The normalized spacial score (nSPS) is 39.0. The van der Waals surface area contributed by atoms with Gasteiger partial charge < -0.3 is 43.3 Å². The summed E-state index contributed by atoms with van der Waals surface area (Å²) < 4.78 is 48.2. The molecule has 0 spiro atoms. The van der Waals surface area contributed by atoms with Gasteiger partial charge in [-0.3, -0.25) is 23.7 Å². The van der Waals surface area contributed by atoms with Gasteiger partial charge in [0.25, 0.3) is 11.7 Å². The van der Waals surface area contributed by atoms with Gasteiger partial charge in [-0.05, 0) is 107 Å². The predicted octanol–water partition coefficient (Wildman–Crippen LogP) is 7.74. The summed E-state index contributed by atoms with van der Waals surface area (Å²) in [6.07, 6.45) is 11.4. The van der Waals surface area contributed by atoms with E-state index in [1.54, 1.807) is 54.4 Å². The summed E-state index contributed by atoms with van der Waals surface area (Å²) in [5.41, 5.74) is 1.25. The Morgan fingerprint density at radius 1 is 0.855 bits per heavy atom. The molecule has 4 aliphatic rings. The molecule has 0 radical (unpaired) electrons. The first kappa shape index (κ1) is 58.4. The molecule has 3 heterocycles. The average molecular weight is 990 g/mol. The van der Waals surface area contributed by atoms with Gasteiger partial charge in [-0.15, -0.1) is 0 Å². The Morgan fingerprint density at radius 2 is 1.57 bits per heavy atom. The Kier molecular flexibility index (Phi) is 22.5. The van der Waals surface area contributed by atoms with E-state index in [4.69, 9.17) is 28.2 Å². The average Bonchev–Trinajstić information content (AvgIpc) is 3.30. The number of Topliss-reactive ketones (excluding diaryl/α,β-unsaturated/α-hetero) is 3. The van der Waals surface area contributed by atoms with Gasteiger partial charge in [0.05, 0.1) is 24.4 Å². The van der Waals surface area contributed by atoms with E-state index >= 15 is 0 Å². The number of carbonyl (C=O) groups excluding carboxylic acids is 5. The van der Waals surface area contributed by atoms with E-state index in [2.05, 4.69) is 0 Å². The fourth-order valence-corrected chi connectivity index (χ4v) is 11.4. The molecule has 0 aromatic carbocycles. The lowest BCUT2D eigenvalue weighted by molar-refractivity contribution is -0.265. The van der Waals surface area contributed by atoms with Gasteiger partial charge in [-0.25, -0.2) is 4.79 Å². The fraction of sp³-hybridized carbons (Fsp3) is 0.755. The zero-order valence-corrected chi connectivity index (χ0v) is 44.3. The number of allylic oxidation sites excluding steroid dienone is 6. The maximum Gasteiger partial charge on any atom is 0.329 e. The minimum atomic E-state index is -2.79. The zero-order chi connectivity index (χ0) is 51.4. The molecule has 2 bridgehead atoms. The highest BCUT2D eigenvalue weighted by Gasteiger charge is 2.53. The number of fused-ring (bicyclic) bond motifs is 3. The summed E-state index contributed by atoms with van der Waals surface area (Å²) in [5.74, 6) is -8.11. The highest BCUT2D eigenvalue weighted by molar-refractivity contribution is 7.57. The zero-order valence-electron chi connectivity index (χ0n) is 43.4. The van der Waals surface area contributed by atoms with E-state index in [0.717, 1.165) is 12.0 Å². The lowest BCUT2D eigenvalue weighted by Gasteiger charge is -2.42. The number of piperidine rings is 1. The molecule has 0 aromatic heterocycles. The monoisotopic (exact) mass is 990 g/mol. The molecule has 390 valence electrons. The number of esters is 1. The van der Waals surface area contributed by atoms with E-state index in [-0.39, 0.29) is 60.9 Å². The second-order valence-corrected chi connectivity index (χ2v) is 23.6. The Morgan fingerprint density at radius 3 is 2.22 bits per heavy atom. The lowest BCUT2D eigenvalue weighted by atomic mass is 9.78. The van der Waals surface area contributed by atoms with Crippen molar-refractivity contribution in [3.8, 4) is 0 Å². The van der Waals surface area contributed by atoms with Gasteiger partial charge in [0.1, 0.15) is 30.1 Å². The third kappa shape index (κ3) is 16.2. The van der Waals surface area contributed by atoms with Crippen LogP contribution in [0.4, 0.5) is 0 Å². The molecule has 15 atom stereocenters. The molecule has 1 saturated carbocycles. The molecular formula is C53H84NO14P. The van der Waals surface area contributed by atoms with E-state index in [1.165, 1.54) is 12.0 Å². The predicted molar refractivity (Wildman–Crippen MR) is 263 cm³/mol. The number of methoxy groups -OCH3 is 3. The molecule has 16 heteroatoms. The SMILES string of the molecule is CO[C@H]1C[C@@H]2CC[C@@H](C)[C@@](O)(O2)C(=O)C(=O)N2CCCC[C@H]2C(=O)O[C@H]([C@H](C)CC2CC[C@@H](OP(C)(C)=O)[C@H](OC)C2)CC(=O)[C@H](C)/C=C(\C)[C@@H](O)[C@@H](OC)C(=O)[C@H](C)C[C@H](C)/C=C/C=C/C=C/1C. The largest absolute Gasteiger partial charge is 0.460 e. The van der Waals surface area contributed by atoms with Crippen LogP contribution < -0.4 is 0 Å². The highest BCUT2D eigenvalue weighted by atomic mass is 31.2. The number of hydrogen-bond acceptors (Lipinski definition) is 14. The smallest absolute Gasteiger partial charge is 0.329 e. The molecule has 1 amide bonds. The molecule has 1 unspecified atom stereocenters. The topological polar surface area (TPSA) is 201 Å². The van der Waals surface area contributed by atoms with Crippen molar-refractivity contribution in [3.05, 3.63) is 47.6 Å². The number of rotatable bonds is 8. The second kappa shape index (κ2) is 26.5. The molecule has 3 fully saturated rings. The van der Waals surface area contributed by atoms with E-state index < -0.39 is 85.1 Å². The van der Waals surface area contributed by atoms with Crippen molar-refractivity contribution in [3.63, 3.8) is 0 Å². The Labute approximate surface area is 411 Å². The van der Waals surface area contributed by atoms with Crippen LogP contribution in [0.15, 0.2) is 47.6 Å². The number of aliphatic hydroxyl groups is 2. The molecule has 2 saturated heterocycles. The maximum absolute atomic E-state index is 14.5. The summed E-state index contributed by atoms with van der Waals surface area (Å²) >= 11 is 0. The van der Waals surface area contributed by atoms with Gasteiger partial charge >= 0.3 is 5.97 Å². The van der Waals surface area contributed by atoms with Crippen molar-refractivity contribution >= 4 is 36.6 Å². The number of nitrogens with zero attached hydrogens (tertiary/aromatic N) is 1. The number of ketones is 3. The lowest BCUT2D eigenvalue weighted by Crippen LogP contribution is -2.61. The number of ether oxygens (including phenoxy) is 5. The first-order chi connectivity index (χ1) is 32.4. The third-order valence-electron chi connectivity index (χ3n) is 14.8. The van der Waals surface area contributed by atoms with E-state index in [1.807, 2.05) is 58.1 Å². The number of amides is 1. The molecular weight excluding hydrogens is 906 g/mol. The van der Waals surface area contributed by atoms with Crippen LogP contribution in [-0.2, 0) is 56.7 Å². The van der Waals surface area contributed by atoms with Gasteiger partial charge in [-0.2, -0.15) is 0 Å². The van der Waals surface area contributed by atoms with Crippen LogP contribution in [0.25, 0.3) is 0 Å². The minimum Gasteiger partial charge on any atom is -0.460 e. The van der Waals surface area contributed by atoms with Gasteiger partial charge in [0.2, 0.25) is 5.79 Å². The molecule has 1 aliphatic carbocycles. The van der Waals surface area contributed by atoms with Gasteiger partial charge in [0.15, 0.2) is 13.2 Å². The standard InChI is InChI=1S/C53H84NO14P/c1-32-18-14-13-15-19-33(2)44(63-8)30-40-23-21-38(7)53(61,67-40)50(58)51(59)54-25-17-16-20-41(54)52(60)66-45(35(4)28-39-22-24-43(46(29-39)64-9)68-69(11,12)62)31-42(55)34(3)27-37(6)48(57)49(65-10)47(56)36(5)26-32/h13-15,18-19,27,32,34-36,38-41,43-46,48-49,57,61H,16-17,20-26,28-31H2,1-12H3/b15-13+,18-14+,33-19+,37-27+/t32-,34-,35-,36-,38-,39?,40+,41+,43-,44+,45+,46-,48-,49+,53-/m1/s1. The van der Waals surface area contributed by atoms with Crippen molar-refractivity contribution in [1.29, 1.82) is 0 Å². The number of carbonyl (C=O) groups is 5. The molecule has 69 heavy (non-hydrogen) atoms. The maximum atomic E-state index is 14.5. The van der Waals surface area contributed by atoms with Crippen LogP contribution in [0.3, 0.4) is 0 Å². The van der Waals surface area contributed by atoms with Crippen molar-refractivity contribution in [2.75, 3.05) is 41.2 Å². The summed E-state index contributed by atoms with van der Waals surface area (Å²) in [7, 11) is 1.76. The van der Waals surface area contributed by atoms with Crippen LogP contribution in [0.5, 0.6) is 0 Å². The van der Waals surface area contributed by atoms with Crippen LogP contribution in [-0.4, -0.2) is 140 Å². The number of aliphatic hydroxyl groups excluding tert-OH is 1. The van der Waals surface area contributed by atoms with Crippen molar-refractivity contribution < 1.29 is 67.0 Å². The summed E-state index contributed by atoms with van der Waals surface area (Å²) in [5, 5.41) is 23.5. The third-order valence-corrected chi connectivity index (χ3v) is 15.6. The Balaban J connectivity index is 1.70. The van der Waals surface area contributed by atoms with Crippen LogP contribution in [0.1, 0.15) is 126 Å². The van der Waals surface area contributed by atoms with E-state index in [9.17, 15) is 38.8 Å². The first-order valence-electron chi connectivity index (χ1n) is 25.2. The Hall–Kier alpha value is -3.14. The minimum absolute atomic E-state index is 0.0117. The van der Waals surface area contributed by atoms with Gasteiger partial charge in [-0.1, -0.05) is 71.1 Å². The Bertz CT molecular complexity index is 1940. The highest BCUT2D eigenvalue weighted by Crippen LogP contribution is 2.45. The number of hydrogen-bond donors (Lipinski definition) is 2. The van der Waals surface area contributed by atoms with Crippen molar-refractivity contribution in [1.82, 2.24) is 4.90 Å². The molecule has 2 N–H and O–H groups in total. The van der Waals surface area contributed by atoms with E-state index in [0.29, 0.717) is 63.4 Å². The van der Waals surface area contributed by atoms with Crippen molar-refractivity contribution in [2.45, 2.75) is 180 Å². The van der Waals surface area contributed by atoms with Crippen LogP contribution >= 0.6 is 7.37 Å². The van der Waals surface area contributed by atoms with Crippen LogP contribution in [0.2, 0.25) is 0 Å². The first-order valence-corrected chi connectivity index (χ1v) is 27.7. The van der Waals surface area contributed by atoms with Gasteiger partial charge in [0, 0.05) is 71.8 Å². The quantitative estimate of drug-likeness (QED) is 0.104. The summed E-state index contributed by atoms with van der Waals surface area (Å²) in [6.45, 7) is 15.9. The van der Waals surface area contributed by atoms with Crippen LogP contribution in [0, 0.1) is 35.5 Å². The summed E-state index contributed by atoms with van der Waals surface area (Å²) in [4.78, 5) is 72.2. The molecule has 15 nitrogen and oxygen atoms in total. The second-order valence-electron chi connectivity index (χ2n) is 20.9. The summed E-state index contributed by atoms with van der Waals surface area (Å²) in [6, 6.07) is -1.16. The van der Waals surface area contributed by atoms with Crippen molar-refractivity contribution in [2.24, 2.45) is 35.5 Å². The number of cyclic esters (lactones) is 1. The molecule has 0 aromatic rings. The molecule has 3 aliphatic heterocycles. The molecule has 4 rings (SSSR count). The fourth-order valence-electron chi connectivity index (χ4n) is 10.5.